The molecule has 2 amide bonds. The first-order valence-electron chi connectivity index (χ1n) is 8.59. The van der Waals surface area contributed by atoms with Crippen LogP contribution in [0.4, 0.5) is 4.79 Å². The minimum absolute atomic E-state index is 0.172. The first kappa shape index (κ1) is 18.1. The summed E-state index contributed by atoms with van der Waals surface area (Å²) in [6, 6.07) is 15.4. The summed E-state index contributed by atoms with van der Waals surface area (Å²) < 4.78 is 0.948. The summed E-state index contributed by atoms with van der Waals surface area (Å²) in [5, 5.41) is 14.2. The second kappa shape index (κ2) is 7.40. The second-order valence-electron chi connectivity index (χ2n) is 6.30. The van der Waals surface area contributed by atoms with E-state index >= 15 is 0 Å². The predicted molar refractivity (Wildman–Crippen MR) is 107 cm³/mol. The van der Waals surface area contributed by atoms with Crippen LogP contribution in [0.25, 0.3) is 5.69 Å². The molecule has 0 spiro atoms. The number of halogens is 1. The molecule has 0 bridgehead atoms. The Kier molecular flexibility index (Phi) is 4.79. The van der Waals surface area contributed by atoms with Gasteiger partial charge >= 0.3 is 6.03 Å². The lowest BCUT2D eigenvalue weighted by Gasteiger charge is -2.26. The first-order chi connectivity index (χ1) is 13.5. The third-order valence-electron chi connectivity index (χ3n) is 4.41. The molecule has 1 aliphatic rings. The zero-order valence-corrected chi connectivity index (χ0v) is 16.5. The standard InChI is InChI=1S/C20H16BrN5O2/c1-12-17(19(27)13-5-3-2-4-6-13)18(24-20(28)23-12)16-11-22-26(25-16)15-9-7-14(21)8-10-15/h2-11,18H,1H3,(H2,23,24,28). The van der Waals surface area contributed by atoms with E-state index in [4.69, 9.17) is 0 Å². The van der Waals surface area contributed by atoms with Crippen molar-refractivity contribution in [3.63, 3.8) is 0 Å². The quantitative estimate of drug-likeness (QED) is 0.610. The Morgan fingerprint density at radius 2 is 1.82 bits per heavy atom. The molecule has 0 saturated heterocycles. The lowest BCUT2D eigenvalue weighted by molar-refractivity contribution is 0.102. The Morgan fingerprint density at radius 3 is 2.54 bits per heavy atom. The molecule has 0 saturated carbocycles. The molecule has 28 heavy (non-hydrogen) atoms. The lowest BCUT2D eigenvalue weighted by atomic mass is 9.92. The highest BCUT2D eigenvalue weighted by molar-refractivity contribution is 9.10. The molecular weight excluding hydrogens is 422 g/mol. The maximum Gasteiger partial charge on any atom is 0.319 e. The van der Waals surface area contributed by atoms with Crippen molar-refractivity contribution in [2.45, 2.75) is 13.0 Å². The van der Waals surface area contributed by atoms with Crippen LogP contribution in [0.1, 0.15) is 29.0 Å². The fourth-order valence-corrected chi connectivity index (χ4v) is 3.33. The van der Waals surface area contributed by atoms with Gasteiger partial charge in [0.15, 0.2) is 5.78 Å². The van der Waals surface area contributed by atoms with Crippen LogP contribution in [0.15, 0.2) is 76.5 Å². The van der Waals surface area contributed by atoms with Crippen LogP contribution >= 0.6 is 15.9 Å². The largest absolute Gasteiger partial charge is 0.325 e. The number of allylic oxidation sites excluding steroid dienone is 1. The van der Waals surface area contributed by atoms with Crippen molar-refractivity contribution >= 4 is 27.7 Å². The van der Waals surface area contributed by atoms with E-state index < -0.39 is 6.04 Å². The van der Waals surface area contributed by atoms with E-state index in [1.807, 2.05) is 30.3 Å². The van der Waals surface area contributed by atoms with Gasteiger partial charge in [-0.15, -0.1) is 0 Å². The van der Waals surface area contributed by atoms with Crippen LogP contribution in [-0.4, -0.2) is 26.8 Å². The molecule has 8 heteroatoms. The average Bonchev–Trinajstić information content (AvgIpc) is 3.18. The first-order valence-corrected chi connectivity index (χ1v) is 9.38. The fourth-order valence-electron chi connectivity index (χ4n) is 3.07. The average molecular weight is 438 g/mol. The van der Waals surface area contributed by atoms with Crippen LogP contribution in [0.3, 0.4) is 0 Å². The van der Waals surface area contributed by atoms with E-state index in [-0.39, 0.29) is 11.8 Å². The van der Waals surface area contributed by atoms with Crippen LogP contribution in [0.2, 0.25) is 0 Å². The summed E-state index contributed by atoms with van der Waals surface area (Å²) in [5.41, 5.74) is 2.73. The summed E-state index contributed by atoms with van der Waals surface area (Å²) in [7, 11) is 0. The summed E-state index contributed by atoms with van der Waals surface area (Å²) in [6.07, 6.45) is 1.56. The number of urea groups is 1. The second-order valence-corrected chi connectivity index (χ2v) is 7.22. The van der Waals surface area contributed by atoms with Crippen molar-refractivity contribution in [1.82, 2.24) is 25.6 Å². The molecular formula is C20H16BrN5O2. The smallest absolute Gasteiger partial charge is 0.319 e. The van der Waals surface area contributed by atoms with Crippen molar-refractivity contribution in [3.8, 4) is 5.69 Å². The van der Waals surface area contributed by atoms with Gasteiger partial charge in [0.25, 0.3) is 0 Å². The van der Waals surface area contributed by atoms with E-state index in [2.05, 4.69) is 36.8 Å². The third-order valence-corrected chi connectivity index (χ3v) is 4.94. The number of ketones is 1. The predicted octanol–water partition coefficient (Wildman–Crippen LogP) is 3.54. The topological polar surface area (TPSA) is 88.9 Å². The monoisotopic (exact) mass is 437 g/mol. The van der Waals surface area contributed by atoms with Crippen molar-refractivity contribution in [3.05, 3.63) is 87.8 Å². The molecule has 0 fully saturated rings. The van der Waals surface area contributed by atoms with Crippen LogP contribution in [0, 0.1) is 0 Å². The Hall–Kier alpha value is -3.26. The molecule has 2 N–H and O–H groups in total. The normalized spacial score (nSPS) is 16.5. The summed E-state index contributed by atoms with van der Waals surface area (Å²) in [4.78, 5) is 26.6. The van der Waals surface area contributed by atoms with Crippen molar-refractivity contribution in [2.75, 3.05) is 0 Å². The van der Waals surface area contributed by atoms with Crippen LogP contribution in [0.5, 0.6) is 0 Å². The molecule has 7 nitrogen and oxygen atoms in total. The molecule has 3 aromatic rings. The van der Waals surface area contributed by atoms with E-state index in [0.717, 1.165) is 10.2 Å². The van der Waals surface area contributed by atoms with Gasteiger partial charge in [0, 0.05) is 21.3 Å². The van der Waals surface area contributed by atoms with E-state index in [9.17, 15) is 9.59 Å². The maximum absolute atomic E-state index is 13.1. The number of aromatic nitrogens is 3. The van der Waals surface area contributed by atoms with Gasteiger partial charge in [0.05, 0.1) is 11.9 Å². The molecule has 4 rings (SSSR count). The third kappa shape index (κ3) is 3.46. The molecule has 1 aromatic heterocycles. The number of hydrogen-bond acceptors (Lipinski definition) is 4. The van der Waals surface area contributed by atoms with Gasteiger partial charge in [-0.25, -0.2) is 4.79 Å². The highest BCUT2D eigenvalue weighted by Crippen LogP contribution is 2.28. The molecule has 2 heterocycles. The Morgan fingerprint density at radius 1 is 1.11 bits per heavy atom. The maximum atomic E-state index is 13.1. The highest BCUT2D eigenvalue weighted by atomic mass is 79.9. The zero-order valence-electron chi connectivity index (χ0n) is 14.9. The van der Waals surface area contributed by atoms with Crippen molar-refractivity contribution < 1.29 is 9.59 Å². The number of benzene rings is 2. The highest BCUT2D eigenvalue weighted by Gasteiger charge is 2.33. The Labute approximate surface area is 169 Å². The van der Waals surface area contributed by atoms with Crippen LogP contribution < -0.4 is 10.6 Å². The summed E-state index contributed by atoms with van der Waals surface area (Å²) in [5.74, 6) is -0.172. The number of nitrogens with one attached hydrogen (secondary N) is 2. The summed E-state index contributed by atoms with van der Waals surface area (Å²) >= 11 is 3.40. The molecule has 0 aliphatic carbocycles. The van der Waals surface area contributed by atoms with E-state index in [1.54, 1.807) is 37.4 Å². The van der Waals surface area contributed by atoms with E-state index in [0.29, 0.717) is 22.5 Å². The minimum atomic E-state index is -0.689. The van der Waals surface area contributed by atoms with Gasteiger partial charge in [-0.2, -0.15) is 15.0 Å². The molecule has 140 valence electrons. The number of nitrogens with zero attached hydrogens (tertiary/aromatic N) is 3. The number of Topliss-reactive ketones (excluding diaryl/α,β-unsaturated/α-hetero) is 1. The fraction of sp³-hybridized carbons (Fsp3) is 0.100. The molecule has 2 aromatic carbocycles. The SMILES string of the molecule is CC1=C(C(=O)c2ccccc2)C(c2cnn(-c3ccc(Br)cc3)n2)NC(=O)N1. The Balaban J connectivity index is 1.72. The number of amides is 2. The van der Waals surface area contributed by atoms with Gasteiger partial charge < -0.3 is 10.6 Å². The number of hydrogen-bond donors (Lipinski definition) is 2. The van der Waals surface area contributed by atoms with Gasteiger partial charge in [-0.1, -0.05) is 46.3 Å². The number of carbonyl (C=O) groups is 2. The van der Waals surface area contributed by atoms with Crippen LogP contribution in [-0.2, 0) is 0 Å². The van der Waals surface area contributed by atoms with Gasteiger partial charge in [0.2, 0.25) is 0 Å². The molecule has 1 unspecified atom stereocenters. The molecule has 1 aliphatic heterocycles. The van der Waals surface area contributed by atoms with Crippen molar-refractivity contribution in [2.24, 2.45) is 0 Å². The van der Waals surface area contributed by atoms with Gasteiger partial charge in [-0.05, 0) is 31.2 Å². The van der Waals surface area contributed by atoms with E-state index in [1.165, 1.54) is 4.80 Å². The molecule has 1 atom stereocenters. The minimum Gasteiger partial charge on any atom is -0.325 e. The number of rotatable bonds is 4. The zero-order chi connectivity index (χ0) is 19.7. The van der Waals surface area contributed by atoms with Gasteiger partial charge in [-0.3, -0.25) is 4.79 Å². The van der Waals surface area contributed by atoms with Gasteiger partial charge in [0.1, 0.15) is 11.7 Å². The lowest BCUT2D eigenvalue weighted by Crippen LogP contribution is -2.45. The van der Waals surface area contributed by atoms with Crippen molar-refractivity contribution in [1.29, 1.82) is 0 Å². The Bertz CT molecular complexity index is 1070. The summed E-state index contributed by atoms with van der Waals surface area (Å²) in [6.45, 7) is 1.71. The molecule has 0 radical (unpaired) electrons. The number of carbonyl (C=O) groups excluding carboxylic acids is 2.